The van der Waals surface area contributed by atoms with Crippen molar-refractivity contribution < 1.29 is 22.6 Å². The molecule has 1 aromatic rings. The van der Waals surface area contributed by atoms with Crippen LogP contribution in [0.15, 0.2) is 12.1 Å². The van der Waals surface area contributed by atoms with Crippen LogP contribution in [-0.4, -0.2) is 12.2 Å². The summed E-state index contributed by atoms with van der Waals surface area (Å²) >= 11 is 0. The number of halogens is 3. The summed E-state index contributed by atoms with van der Waals surface area (Å²) in [5.41, 5.74) is 4.97. The standard InChI is InChI=1S/C11H14F3NO2/c1-11(2,3)17-9-5-8(16-10(13)14)6(12)4-7(9)15/h4-5,10H,15H2,1-3H3. The predicted molar refractivity (Wildman–Crippen MR) is 57.8 cm³/mol. The van der Waals surface area contributed by atoms with Gasteiger partial charge in [0.05, 0.1) is 5.69 Å². The Balaban J connectivity index is 3.06. The molecule has 1 aromatic carbocycles. The summed E-state index contributed by atoms with van der Waals surface area (Å²) in [6, 6.07) is 1.90. The predicted octanol–water partition coefficient (Wildman–Crippen LogP) is 3.19. The van der Waals surface area contributed by atoms with Gasteiger partial charge in [-0.1, -0.05) is 0 Å². The van der Waals surface area contributed by atoms with Crippen LogP contribution >= 0.6 is 0 Å². The minimum absolute atomic E-state index is 0.0269. The Hall–Kier alpha value is -1.59. The summed E-state index contributed by atoms with van der Waals surface area (Å²) in [5, 5.41) is 0. The van der Waals surface area contributed by atoms with E-state index in [1.165, 1.54) is 0 Å². The SMILES string of the molecule is CC(C)(C)Oc1cc(OC(F)F)c(F)cc1N. The number of nitrogens with two attached hydrogens (primary N) is 1. The summed E-state index contributed by atoms with van der Waals surface area (Å²) in [6.45, 7) is 2.16. The molecule has 2 N–H and O–H groups in total. The summed E-state index contributed by atoms with van der Waals surface area (Å²) in [7, 11) is 0. The molecule has 6 heteroatoms. The first-order chi connectivity index (χ1) is 7.69. The Morgan fingerprint density at radius 1 is 1.18 bits per heavy atom. The number of benzene rings is 1. The van der Waals surface area contributed by atoms with Crippen molar-refractivity contribution in [1.82, 2.24) is 0 Å². The molecule has 0 atom stereocenters. The van der Waals surface area contributed by atoms with Gasteiger partial charge in [0.1, 0.15) is 11.4 Å². The van der Waals surface area contributed by atoms with Gasteiger partial charge in [-0.05, 0) is 20.8 Å². The lowest BCUT2D eigenvalue weighted by Crippen LogP contribution is -2.23. The highest BCUT2D eigenvalue weighted by atomic mass is 19.3. The zero-order valence-electron chi connectivity index (χ0n) is 9.76. The molecule has 0 aliphatic carbocycles. The first-order valence-electron chi connectivity index (χ1n) is 4.92. The second-order valence-corrected chi connectivity index (χ2v) is 4.41. The molecule has 0 heterocycles. The average molecular weight is 249 g/mol. The monoisotopic (exact) mass is 249 g/mol. The summed E-state index contributed by atoms with van der Waals surface area (Å²) in [4.78, 5) is 0. The van der Waals surface area contributed by atoms with E-state index >= 15 is 0 Å². The molecule has 0 unspecified atom stereocenters. The molecular formula is C11H14F3NO2. The van der Waals surface area contributed by atoms with Crippen LogP contribution in [0.1, 0.15) is 20.8 Å². The van der Waals surface area contributed by atoms with Gasteiger partial charge in [0.25, 0.3) is 0 Å². The Kier molecular flexibility index (Phi) is 3.75. The fourth-order valence-electron chi connectivity index (χ4n) is 1.15. The molecule has 3 nitrogen and oxygen atoms in total. The Bertz CT molecular complexity index is 402. The molecule has 0 aliphatic rings. The van der Waals surface area contributed by atoms with Crippen LogP contribution < -0.4 is 15.2 Å². The van der Waals surface area contributed by atoms with Crippen molar-refractivity contribution in [1.29, 1.82) is 0 Å². The van der Waals surface area contributed by atoms with E-state index in [1.807, 2.05) is 0 Å². The van der Waals surface area contributed by atoms with Crippen LogP contribution in [0.2, 0.25) is 0 Å². The number of nitrogen functional groups attached to an aromatic ring is 1. The molecule has 0 saturated heterocycles. The third-order valence-corrected chi connectivity index (χ3v) is 1.70. The third-order valence-electron chi connectivity index (χ3n) is 1.70. The molecule has 96 valence electrons. The second-order valence-electron chi connectivity index (χ2n) is 4.41. The fraction of sp³-hybridized carbons (Fsp3) is 0.455. The van der Waals surface area contributed by atoms with Gasteiger partial charge in [-0.15, -0.1) is 0 Å². The van der Waals surface area contributed by atoms with Gasteiger partial charge < -0.3 is 15.2 Å². The van der Waals surface area contributed by atoms with Crippen LogP contribution in [0.4, 0.5) is 18.9 Å². The van der Waals surface area contributed by atoms with Crippen molar-refractivity contribution in [2.75, 3.05) is 5.73 Å². The Morgan fingerprint density at radius 2 is 1.76 bits per heavy atom. The van der Waals surface area contributed by atoms with Gasteiger partial charge in [-0.25, -0.2) is 4.39 Å². The molecule has 0 amide bonds. The molecule has 1 rings (SSSR count). The van der Waals surface area contributed by atoms with Crippen molar-refractivity contribution in [2.24, 2.45) is 0 Å². The largest absolute Gasteiger partial charge is 0.486 e. The quantitative estimate of drug-likeness (QED) is 0.837. The van der Waals surface area contributed by atoms with Gasteiger partial charge in [0.15, 0.2) is 11.6 Å². The van der Waals surface area contributed by atoms with E-state index in [0.29, 0.717) is 0 Å². The zero-order valence-corrected chi connectivity index (χ0v) is 9.76. The van der Waals surface area contributed by atoms with E-state index in [9.17, 15) is 13.2 Å². The fourth-order valence-corrected chi connectivity index (χ4v) is 1.15. The van der Waals surface area contributed by atoms with Crippen LogP contribution in [0.3, 0.4) is 0 Å². The highest BCUT2D eigenvalue weighted by Crippen LogP contribution is 2.33. The van der Waals surface area contributed by atoms with Crippen molar-refractivity contribution in [3.05, 3.63) is 17.9 Å². The molecule has 0 spiro atoms. The number of ether oxygens (including phenoxy) is 2. The molecule has 0 saturated carbocycles. The molecule has 17 heavy (non-hydrogen) atoms. The maximum absolute atomic E-state index is 13.2. The smallest absolute Gasteiger partial charge is 0.387 e. The topological polar surface area (TPSA) is 44.5 Å². The van der Waals surface area contributed by atoms with Crippen LogP contribution in [0.5, 0.6) is 11.5 Å². The van der Waals surface area contributed by atoms with E-state index in [2.05, 4.69) is 4.74 Å². The van der Waals surface area contributed by atoms with E-state index in [4.69, 9.17) is 10.5 Å². The van der Waals surface area contributed by atoms with Gasteiger partial charge in [0.2, 0.25) is 0 Å². The molecular weight excluding hydrogens is 235 g/mol. The lowest BCUT2D eigenvalue weighted by Gasteiger charge is -2.22. The second kappa shape index (κ2) is 4.73. The van der Waals surface area contributed by atoms with Crippen LogP contribution in [-0.2, 0) is 0 Å². The highest BCUT2D eigenvalue weighted by molar-refractivity contribution is 5.56. The number of anilines is 1. The summed E-state index contributed by atoms with van der Waals surface area (Å²) in [6.07, 6.45) is 0. The molecule has 0 radical (unpaired) electrons. The normalized spacial score (nSPS) is 11.7. The maximum Gasteiger partial charge on any atom is 0.387 e. The zero-order chi connectivity index (χ0) is 13.2. The number of hydrogen-bond acceptors (Lipinski definition) is 3. The van der Waals surface area contributed by atoms with Gasteiger partial charge in [-0.3, -0.25) is 0 Å². The third kappa shape index (κ3) is 4.05. The van der Waals surface area contributed by atoms with E-state index in [1.54, 1.807) is 20.8 Å². The van der Waals surface area contributed by atoms with E-state index in [-0.39, 0.29) is 11.4 Å². The van der Waals surface area contributed by atoms with Gasteiger partial charge >= 0.3 is 6.61 Å². The lowest BCUT2D eigenvalue weighted by atomic mass is 10.2. The van der Waals surface area contributed by atoms with Crippen molar-refractivity contribution in [3.63, 3.8) is 0 Å². The molecule has 0 aliphatic heterocycles. The minimum Gasteiger partial charge on any atom is -0.486 e. The summed E-state index contributed by atoms with van der Waals surface area (Å²) in [5.74, 6) is -1.44. The number of alkyl halides is 2. The van der Waals surface area contributed by atoms with Crippen molar-refractivity contribution >= 4 is 5.69 Å². The molecule has 0 aromatic heterocycles. The van der Waals surface area contributed by atoms with Crippen molar-refractivity contribution in [3.8, 4) is 11.5 Å². The average Bonchev–Trinajstić information content (AvgIpc) is 2.10. The van der Waals surface area contributed by atoms with E-state index < -0.39 is 23.8 Å². The van der Waals surface area contributed by atoms with E-state index in [0.717, 1.165) is 12.1 Å². The number of hydrogen-bond donors (Lipinski definition) is 1. The molecule has 0 bridgehead atoms. The van der Waals surface area contributed by atoms with Gasteiger partial charge in [0, 0.05) is 12.1 Å². The minimum atomic E-state index is -3.10. The summed E-state index contributed by atoms with van der Waals surface area (Å²) < 4.78 is 46.7. The first-order valence-corrected chi connectivity index (χ1v) is 4.92. The number of rotatable bonds is 3. The molecule has 0 fully saturated rings. The first kappa shape index (κ1) is 13.5. The Labute approximate surface area is 97.3 Å². The maximum atomic E-state index is 13.2. The Morgan fingerprint density at radius 3 is 2.24 bits per heavy atom. The van der Waals surface area contributed by atoms with Crippen LogP contribution in [0, 0.1) is 5.82 Å². The van der Waals surface area contributed by atoms with Crippen LogP contribution in [0.25, 0.3) is 0 Å². The highest BCUT2D eigenvalue weighted by Gasteiger charge is 2.18. The van der Waals surface area contributed by atoms with Gasteiger partial charge in [-0.2, -0.15) is 8.78 Å². The van der Waals surface area contributed by atoms with Crippen molar-refractivity contribution in [2.45, 2.75) is 33.0 Å². The lowest BCUT2D eigenvalue weighted by molar-refractivity contribution is -0.0523.